The first-order valence-electron chi connectivity index (χ1n) is 6.84. The van der Waals surface area contributed by atoms with E-state index in [1.807, 2.05) is 36.4 Å². The fourth-order valence-electron chi connectivity index (χ4n) is 2.30. The number of benzene rings is 1. The van der Waals surface area contributed by atoms with Gasteiger partial charge in [0.2, 0.25) is 5.91 Å². The molecule has 1 atom stereocenters. The predicted molar refractivity (Wildman–Crippen MR) is 75.0 cm³/mol. The second kappa shape index (κ2) is 7.29. The number of ether oxygens (including phenoxy) is 1. The van der Waals surface area contributed by atoms with Crippen molar-refractivity contribution in [2.75, 3.05) is 13.1 Å². The van der Waals surface area contributed by atoms with E-state index in [1.54, 1.807) is 0 Å². The highest BCUT2D eigenvalue weighted by molar-refractivity contribution is 5.86. The fraction of sp³-hybridized carbons (Fsp3) is 0.400. The molecule has 6 nitrogen and oxygen atoms in total. The molecule has 0 radical (unpaired) electrons. The van der Waals surface area contributed by atoms with Crippen LogP contribution in [0.4, 0.5) is 4.79 Å². The molecule has 1 saturated heterocycles. The lowest BCUT2D eigenvalue weighted by atomic mass is 10.2. The molecule has 0 unspecified atom stereocenters. The van der Waals surface area contributed by atoms with E-state index in [1.165, 1.54) is 4.90 Å². The topological polar surface area (TPSA) is 82.4 Å². The lowest BCUT2D eigenvalue weighted by Crippen LogP contribution is -2.46. The average molecular weight is 287 g/mol. The van der Waals surface area contributed by atoms with Gasteiger partial charge in [-0.2, -0.15) is 5.26 Å². The Hall–Kier alpha value is -2.55. The van der Waals surface area contributed by atoms with E-state index in [0.29, 0.717) is 13.0 Å². The van der Waals surface area contributed by atoms with Crippen LogP contribution in [0.2, 0.25) is 0 Å². The molecule has 0 bridgehead atoms. The molecule has 1 fully saturated rings. The zero-order valence-corrected chi connectivity index (χ0v) is 11.6. The summed E-state index contributed by atoms with van der Waals surface area (Å²) < 4.78 is 5.24. The van der Waals surface area contributed by atoms with E-state index < -0.39 is 12.1 Å². The summed E-state index contributed by atoms with van der Waals surface area (Å²) in [6.07, 6.45) is 0.858. The van der Waals surface area contributed by atoms with Crippen molar-refractivity contribution in [2.45, 2.75) is 25.5 Å². The van der Waals surface area contributed by atoms with Gasteiger partial charge in [0.25, 0.3) is 0 Å². The van der Waals surface area contributed by atoms with Crippen molar-refractivity contribution in [1.82, 2.24) is 10.2 Å². The van der Waals surface area contributed by atoms with Crippen molar-refractivity contribution in [2.24, 2.45) is 0 Å². The van der Waals surface area contributed by atoms with E-state index in [0.717, 1.165) is 12.0 Å². The van der Waals surface area contributed by atoms with Gasteiger partial charge in [0.1, 0.15) is 19.2 Å². The van der Waals surface area contributed by atoms with Crippen LogP contribution in [0.1, 0.15) is 18.4 Å². The quantitative estimate of drug-likeness (QED) is 0.849. The Labute approximate surface area is 123 Å². The molecule has 0 spiro atoms. The van der Waals surface area contributed by atoms with Crippen molar-refractivity contribution < 1.29 is 14.3 Å². The van der Waals surface area contributed by atoms with E-state index >= 15 is 0 Å². The van der Waals surface area contributed by atoms with Gasteiger partial charge in [-0.25, -0.2) is 4.79 Å². The highest BCUT2D eigenvalue weighted by Crippen LogP contribution is 2.19. The highest BCUT2D eigenvalue weighted by atomic mass is 16.6. The number of carbonyl (C=O) groups excluding carboxylic acids is 2. The lowest BCUT2D eigenvalue weighted by Gasteiger charge is -2.22. The molecule has 0 aliphatic carbocycles. The molecule has 0 saturated carbocycles. The maximum absolute atomic E-state index is 12.1. The molecular formula is C15H17N3O3. The van der Waals surface area contributed by atoms with E-state index in [2.05, 4.69) is 5.32 Å². The maximum atomic E-state index is 12.1. The zero-order valence-electron chi connectivity index (χ0n) is 11.6. The third-order valence-electron chi connectivity index (χ3n) is 3.34. The number of nitrogens with one attached hydrogen (secondary N) is 1. The number of nitriles is 1. The largest absolute Gasteiger partial charge is 0.445 e. The molecule has 1 aliphatic rings. The Kier molecular flexibility index (Phi) is 5.16. The van der Waals surface area contributed by atoms with Gasteiger partial charge in [0.15, 0.2) is 0 Å². The van der Waals surface area contributed by atoms with Crippen LogP contribution in [-0.2, 0) is 16.1 Å². The van der Waals surface area contributed by atoms with Crippen LogP contribution in [0.15, 0.2) is 30.3 Å². The SMILES string of the molecule is N#CCNC(=O)[C@H]1CCCN1C(=O)OCc1ccccc1. The third-order valence-corrected chi connectivity index (χ3v) is 3.34. The van der Waals surface area contributed by atoms with Crippen LogP contribution in [0.25, 0.3) is 0 Å². The summed E-state index contributed by atoms with van der Waals surface area (Å²) in [5.74, 6) is -0.300. The summed E-state index contributed by atoms with van der Waals surface area (Å²) in [5.41, 5.74) is 0.899. The molecule has 0 aromatic heterocycles. The van der Waals surface area contributed by atoms with Crippen molar-refractivity contribution in [3.8, 4) is 6.07 Å². The Bertz CT molecular complexity index is 539. The first-order chi connectivity index (χ1) is 10.2. The molecule has 1 aromatic rings. The average Bonchev–Trinajstić information content (AvgIpc) is 3.01. The molecule has 110 valence electrons. The van der Waals surface area contributed by atoms with Gasteiger partial charge < -0.3 is 10.1 Å². The normalized spacial score (nSPS) is 17.1. The first kappa shape index (κ1) is 14.9. The Balaban J connectivity index is 1.89. The van der Waals surface area contributed by atoms with Gasteiger partial charge in [0, 0.05) is 6.54 Å². The molecule has 2 amide bonds. The van der Waals surface area contributed by atoms with Gasteiger partial charge >= 0.3 is 6.09 Å². The minimum absolute atomic E-state index is 0.0533. The van der Waals surface area contributed by atoms with Crippen molar-refractivity contribution >= 4 is 12.0 Å². The second-order valence-electron chi connectivity index (χ2n) is 4.77. The minimum atomic E-state index is -0.540. The monoisotopic (exact) mass is 287 g/mol. The Morgan fingerprint density at radius 1 is 1.38 bits per heavy atom. The fourth-order valence-corrected chi connectivity index (χ4v) is 2.30. The molecular weight excluding hydrogens is 270 g/mol. The summed E-state index contributed by atoms with van der Waals surface area (Å²) in [5, 5.41) is 11.0. The number of hydrogen-bond acceptors (Lipinski definition) is 4. The van der Waals surface area contributed by atoms with Crippen LogP contribution in [0.5, 0.6) is 0 Å². The van der Waals surface area contributed by atoms with Crippen molar-refractivity contribution in [3.05, 3.63) is 35.9 Å². The van der Waals surface area contributed by atoms with Crippen LogP contribution in [0.3, 0.4) is 0 Å². The van der Waals surface area contributed by atoms with Crippen LogP contribution in [0, 0.1) is 11.3 Å². The maximum Gasteiger partial charge on any atom is 0.410 e. The van der Waals surface area contributed by atoms with Crippen LogP contribution in [-0.4, -0.2) is 36.0 Å². The third kappa shape index (κ3) is 3.96. The first-order valence-corrected chi connectivity index (χ1v) is 6.84. The van der Waals surface area contributed by atoms with Gasteiger partial charge in [0.05, 0.1) is 6.07 Å². The molecule has 2 rings (SSSR count). The van der Waals surface area contributed by atoms with E-state index in [-0.39, 0.29) is 19.1 Å². The zero-order chi connectivity index (χ0) is 15.1. The number of amides is 2. The van der Waals surface area contributed by atoms with Gasteiger partial charge in [-0.05, 0) is 18.4 Å². The lowest BCUT2D eigenvalue weighted by molar-refractivity contribution is -0.124. The van der Waals surface area contributed by atoms with Crippen LogP contribution < -0.4 is 5.32 Å². The van der Waals surface area contributed by atoms with Crippen molar-refractivity contribution in [3.63, 3.8) is 0 Å². The van der Waals surface area contributed by atoms with E-state index in [9.17, 15) is 9.59 Å². The summed E-state index contributed by atoms with van der Waals surface area (Å²) in [6.45, 7) is 0.628. The summed E-state index contributed by atoms with van der Waals surface area (Å²) in [7, 11) is 0. The Morgan fingerprint density at radius 2 is 2.14 bits per heavy atom. The predicted octanol–water partition coefficient (Wildman–Crippen LogP) is 1.43. The summed E-state index contributed by atoms with van der Waals surface area (Å²) in [6, 6.07) is 10.7. The minimum Gasteiger partial charge on any atom is -0.445 e. The highest BCUT2D eigenvalue weighted by Gasteiger charge is 2.34. The van der Waals surface area contributed by atoms with Crippen molar-refractivity contribution in [1.29, 1.82) is 5.26 Å². The molecule has 6 heteroatoms. The summed E-state index contributed by atoms with van der Waals surface area (Å²) in [4.78, 5) is 25.4. The van der Waals surface area contributed by atoms with Gasteiger partial charge in [-0.15, -0.1) is 0 Å². The molecule has 1 aromatic carbocycles. The molecule has 1 N–H and O–H groups in total. The molecule has 21 heavy (non-hydrogen) atoms. The standard InChI is InChI=1S/C15H17N3O3/c16-8-9-17-14(19)13-7-4-10-18(13)15(20)21-11-12-5-2-1-3-6-12/h1-3,5-6,13H,4,7,9-11H2,(H,17,19)/t13-/m1/s1. The Morgan fingerprint density at radius 3 is 2.86 bits per heavy atom. The van der Waals surface area contributed by atoms with Crippen LogP contribution >= 0.6 is 0 Å². The molecule has 1 heterocycles. The number of carbonyl (C=O) groups is 2. The number of hydrogen-bond donors (Lipinski definition) is 1. The van der Waals surface area contributed by atoms with Gasteiger partial charge in [-0.3, -0.25) is 9.69 Å². The number of likely N-dealkylation sites (tertiary alicyclic amines) is 1. The van der Waals surface area contributed by atoms with E-state index in [4.69, 9.17) is 10.00 Å². The van der Waals surface area contributed by atoms with Gasteiger partial charge in [-0.1, -0.05) is 30.3 Å². The summed E-state index contributed by atoms with van der Waals surface area (Å²) >= 11 is 0. The number of nitrogens with zero attached hydrogens (tertiary/aromatic N) is 2. The smallest absolute Gasteiger partial charge is 0.410 e. The molecule has 1 aliphatic heterocycles. The second-order valence-corrected chi connectivity index (χ2v) is 4.77. The number of rotatable bonds is 4.